The number of nitriles is 1. The molecule has 15 heteroatoms. The Hall–Kier alpha value is -5.76. The average Bonchev–Trinajstić information content (AvgIpc) is 3.92. The van der Waals surface area contributed by atoms with E-state index in [1.54, 1.807) is 18.9 Å². The Labute approximate surface area is 374 Å². The number of ketones is 1. The molecule has 14 nitrogen and oxygen atoms in total. The summed E-state index contributed by atoms with van der Waals surface area (Å²) in [5.74, 6) is 2.15. The second-order valence-corrected chi connectivity index (χ2v) is 18.8. The largest absolute Gasteiger partial charge is 0.504 e. The number of thioether (sulfide) groups is 1. The molecule has 64 heavy (non-hydrogen) atoms. The molecule has 1 spiro atoms. The van der Waals surface area contributed by atoms with Crippen LogP contribution < -0.4 is 29.0 Å². The van der Waals surface area contributed by atoms with Crippen LogP contribution in [0.1, 0.15) is 74.5 Å². The molecular weight excluding hydrogens is 835 g/mol. The van der Waals surface area contributed by atoms with Gasteiger partial charge in [0.2, 0.25) is 6.79 Å². The molecule has 7 aliphatic rings. The van der Waals surface area contributed by atoms with Crippen molar-refractivity contribution in [2.75, 3.05) is 46.5 Å². The first kappa shape index (κ1) is 41.0. The van der Waals surface area contributed by atoms with E-state index in [0.717, 1.165) is 55.7 Å². The molecule has 12 rings (SSSR count). The van der Waals surface area contributed by atoms with Crippen LogP contribution >= 0.6 is 11.8 Å². The van der Waals surface area contributed by atoms with Crippen LogP contribution in [0.2, 0.25) is 0 Å². The average molecular weight is 884 g/mol. The van der Waals surface area contributed by atoms with Gasteiger partial charge in [-0.05, 0) is 74.2 Å². The normalized spacial score (nSPS) is 26.9. The molecule has 0 saturated carbocycles. The van der Waals surface area contributed by atoms with Gasteiger partial charge in [0.1, 0.15) is 36.3 Å². The molecule has 0 radical (unpaired) electrons. The number of ether oxygens (including phenoxy) is 6. The highest BCUT2D eigenvalue weighted by atomic mass is 32.2. The lowest BCUT2D eigenvalue weighted by Crippen LogP contribution is -2.69. The summed E-state index contributed by atoms with van der Waals surface area (Å²) in [4.78, 5) is 36.4. The number of fused-ring (bicyclic) bond motifs is 12. The Balaban J connectivity index is 1.11. The number of Topliss-reactive ketones (excluding diaryl/α,β-unsaturated/α-hetero) is 1. The lowest BCUT2D eigenvalue weighted by atomic mass is 9.71. The SMILES string of the molecule is COc1c(C)cc2c(c1O)[C@@H]1C3[C@@H]4SC[C@]5(NCCc6c5[nH]c5ccc(OCc7ccccc7)cc65)C(=O)COC[C@@H](c5c6c(c(C)c(OC(C)=O)c54)OCO6)N3[C@@H](C#N)[C@H](C2)N1C. The summed E-state index contributed by atoms with van der Waals surface area (Å²) >= 11 is 1.57. The van der Waals surface area contributed by atoms with Crippen molar-refractivity contribution in [1.82, 2.24) is 20.1 Å². The van der Waals surface area contributed by atoms with E-state index in [0.29, 0.717) is 60.1 Å². The highest BCUT2D eigenvalue weighted by Gasteiger charge is 2.61. The topological polar surface area (TPSA) is 168 Å². The van der Waals surface area contributed by atoms with E-state index in [-0.39, 0.29) is 43.3 Å². The molecule has 5 aromatic rings. The van der Waals surface area contributed by atoms with Gasteiger partial charge in [-0.25, -0.2) is 0 Å². The maximum Gasteiger partial charge on any atom is 0.308 e. The maximum atomic E-state index is 15.1. The van der Waals surface area contributed by atoms with Gasteiger partial charge in [-0.1, -0.05) is 36.4 Å². The predicted molar refractivity (Wildman–Crippen MR) is 237 cm³/mol. The second-order valence-electron chi connectivity index (χ2n) is 17.7. The third-order valence-electron chi connectivity index (χ3n) is 14.4. The van der Waals surface area contributed by atoms with E-state index < -0.39 is 40.9 Å². The minimum absolute atomic E-state index is 0.0140. The molecule has 4 aromatic carbocycles. The maximum absolute atomic E-state index is 15.1. The summed E-state index contributed by atoms with van der Waals surface area (Å²) < 4.78 is 37.4. The van der Waals surface area contributed by atoms with Gasteiger partial charge in [-0.15, -0.1) is 11.8 Å². The quantitative estimate of drug-likeness (QED) is 0.132. The number of phenols is 1. The summed E-state index contributed by atoms with van der Waals surface area (Å²) in [7, 11) is 3.58. The minimum Gasteiger partial charge on any atom is -0.504 e. The Kier molecular flexibility index (Phi) is 9.89. The standard InChI is InChI=1S/C49H49N5O9S/c1-24-15-28-16-33-34(18-50)54-35-20-59-21-36(56)49(48-30(13-14-51-49)31-17-29(11-12-32(31)52-48)60-19-27-9-7-6-8-10-27)22-64-47(41(54)40(53(33)4)37(28)42(57)43(24)58-5)39-38(35)46-45(61-23-62-46)25(2)44(39)63-26(3)55/h6-12,15,17,33-35,40-41,47,51-52,57H,13-14,16,19-23H2,1-5H3/t33-,34-,35-,40+,41?,47+,49-/m0/s1. The lowest BCUT2D eigenvalue weighted by Gasteiger charge is -2.61. The fourth-order valence-corrected chi connectivity index (χ4v) is 13.4. The number of nitrogens with zero attached hydrogens (tertiary/aromatic N) is 3. The third-order valence-corrected chi connectivity index (χ3v) is 15.8. The molecule has 8 heterocycles. The number of H-pyrrole nitrogens is 1. The molecule has 4 bridgehead atoms. The fraction of sp³-hybridized carbons (Fsp3) is 0.408. The van der Waals surface area contributed by atoms with Gasteiger partial charge < -0.3 is 38.5 Å². The summed E-state index contributed by atoms with van der Waals surface area (Å²) in [6.07, 6.45) is 1.19. The second kappa shape index (κ2) is 15.5. The molecule has 1 aromatic heterocycles. The van der Waals surface area contributed by atoms with Gasteiger partial charge in [0.25, 0.3) is 0 Å². The van der Waals surface area contributed by atoms with Crippen LogP contribution in [0.3, 0.4) is 0 Å². The van der Waals surface area contributed by atoms with Crippen LogP contribution in [0.25, 0.3) is 10.9 Å². The Morgan fingerprint density at radius 1 is 1.08 bits per heavy atom. The van der Waals surface area contributed by atoms with Gasteiger partial charge in [0.15, 0.2) is 28.8 Å². The van der Waals surface area contributed by atoms with Crippen LogP contribution in [0.5, 0.6) is 34.5 Å². The smallest absolute Gasteiger partial charge is 0.308 e. The van der Waals surface area contributed by atoms with E-state index >= 15 is 4.79 Å². The van der Waals surface area contributed by atoms with E-state index in [1.165, 1.54) is 6.92 Å². The number of nitrogens with one attached hydrogen (secondary N) is 2. The van der Waals surface area contributed by atoms with Crippen LogP contribution in [0.15, 0.2) is 54.6 Å². The van der Waals surface area contributed by atoms with Gasteiger partial charge in [-0.3, -0.25) is 24.7 Å². The van der Waals surface area contributed by atoms with Crippen LogP contribution in [0.4, 0.5) is 0 Å². The van der Waals surface area contributed by atoms with Gasteiger partial charge in [0.05, 0.1) is 37.1 Å². The molecule has 7 aliphatic heterocycles. The molecule has 0 amide bonds. The number of carbonyl (C=O) groups excluding carboxylic acids is 2. The van der Waals surface area contributed by atoms with Crippen molar-refractivity contribution in [3.8, 4) is 40.6 Å². The summed E-state index contributed by atoms with van der Waals surface area (Å²) in [5, 5.41) is 27.7. The number of methoxy groups -OCH3 is 1. The molecule has 330 valence electrons. The number of carbonyl (C=O) groups is 2. The van der Waals surface area contributed by atoms with Crippen molar-refractivity contribution in [1.29, 1.82) is 5.26 Å². The van der Waals surface area contributed by atoms with Gasteiger partial charge >= 0.3 is 5.97 Å². The van der Waals surface area contributed by atoms with Crippen molar-refractivity contribution >= 4 is 34.4 Å². The molecule has 7 atom stereocenters. The number of aromatic nitrogens is 1. The first-order valence-electron chi connectivity index (χ1n) is 21.8. The number of hydrogen-bond acceptors (Lipinski definition) is 14. The van der Waals surface area contributed by atoms with E-state index in [2.05, 4.69) is 38.3 Å². The van der Waals surface area contributed by atoms with Crippen molar-refractivity contribution in [3.63, 3.8) is 0 Å². The molecule has 1 unspecified atom stereocenters. The summed E-state index contributed by atoms with van der Waals surface area (Å²) in [5.41, 5.74) is 7.07. The molecule has 2 saturated heterocycles. The Morgan fingerprint density at radius 3 is 2.67 bits per heavy atom. The Morgan fingerprint density at radius 2 is 1.89 bits per heavy atom. The first-order chi connectivity index (χ1) is 31.0. The molecule has 3 N–H and O–H groups in total. The number of likely N-dealkylation sites (N-methyl/N-ethyl adjacent to an activating group) is 1. The Bertz CT molecular complexity index is 2810. The zero-order valence-electron chi connectivity index (χ0n) is 36.3. The number of hydrogen-bond donors (Lipinski definition) is 3. The number of aryl methyl sites for hydroxylation is 1. The molecule has 0 aliphatic carbocycles. The summed E-state index contributed by atoms with van der Waals surface area (Å²) in [6.45, 7) is 5.88. The fourth-order valence-electron chi connectivity index (χ4n) is 11.7. The zero-order valence-corrected chi connectivity index (χ0v) is 37.1. The number of rotatable bonds is 5. The lowest BCUT2D eigenvalue weighted by molar-refractivity contribution is -0.133. The van der Waals surface area contributed by atoms with Crippen LogP contribution in [-0.2, 0) is 39.3 Å². The number of esters is 1. The van der Waals surface area contributed by atoms with E-state index in [4.69, 9.17) is 28.4 Å². The number of aromatic hydroxyl groups is 1. The third kappa shape index (κ3) is 5.99. The van der Waals surface area contributed by atoms with Crippen molar-refractivity contribution < 1.29 is 43.1 Å². The number of benzene rings is 4. The first-order valence-corrected chi connectivity index (χ1v) is 22.8. The number of piperazine rings is 1. The van der Waals surface area contributed by atoms with Crippen LogP contribution in [0, 0.1) is 25.2 Å². The zero-order chi connectivity index (χ0) is 44.2. The summed E-state index contributed by atoms with van der Waals surface area (Å²) in [6, 6.07) is 18.3. The van der Waals surface area contributed by atoms with Crippen molar-refractivity contribution in [3.05, 3.63) is 105 Å². The van der Waals surface area contributed by atoms with Crippen LogP contribution in [-0.4, -0.2) is 96.2 Å². The van der Waals surface area contributed by atoms with Crippen molar-refractivity contribution in [2.24, 2.45) is 0 Å². The van der Waals surface area contributed by atoms with E-state index in [9.17, 15) is 15.2 Å². The molecule has 2 fully saturated rings. The molecular formula is C49H49N5O9S. The highest BCUT2D eigenvalue weighted by molar-refractivity contribution is 7.99. The predicted octanol–water partition coefficient (Wildman–Crippen LogP) is 6.38. The van der Waals surface area contributed by atoms with Crippen molar-refractivity contribution in [2.45, 2.75) is 81.2 Å². The van der Waals surface area contributed by atoms with Gasteiger partial charge in [0, 0.05) is 70.2 Å². The monoisotopic (exact) mass is 883 g/mol. The number of aromatic amines is 1. The van der Waals surface area contributed by atoms with Gasteiger partial charge in [-0.2, -0.15) is 5.26 Å². The minimum atomic E-state index is -1.23. The number of phenolic OH excluding ortho intramolecular Hbond substituents is 1. The highest BCUT2D eigenvalue weighted by Crippen LogP contribution is 2.64. The van der Waals surface area contributed by atoms with E-state index in [1.807, 2.05) is 63.4 Å².